The lowest BCUT2D eigenvalue weighted by Gasteiger charge is -2.06. The summed E-state index contributed by atoms with van der Waals surface area (Å²) in [6.45, 7) is 2.56. The van der Waals surface area contributed by atoms with E-state index in [0.29, 0.717) is 17.5 Å². The first-order valence-corrected chi connectivity index (χ1v) is 7.64. The zero-order valence-electron chi connectivity index (χ0n) is 12.2. The van der Waals surface area contributed by atoms with Crippen LogP contribution in [0.4, 0.5) is 5.69 Å². The Bertz CT molecular complexity index is 725. The standard InChI is InChI=1S/C13H16N4O4S/c1-3-6-16-12(18)14-15-13(16)22-8-9-4-5-11(21-2)10(7-9)17(19)20/h4-5,7H,3,6,8H2,1-2H3,(H,14,18). The summed E-state index contributed by atoms with van der Waals surface area (Å²) in [5, 5.41) is 18.0. The van der Waals surface area contributed by atoms with Gasteiger partial charge in [-0.3, -0.25) is 14.7 Å². The third kappa shape index (κ3) is 3.48. The van der Waals surface area contributed by atoms with Crippen LogP contribution in [0.5, 0.6) is 5.75 Å². The Kier molecular flexibility index (Phi) is 5.21. The van der Waals surface area contributed by atoms with Gasteiger partial charge >= 0.3 is 11.4 Å². The summed E-state index contributed by atoms with van der Waals surface area (Å²) in [6.07, 6.45) is 0.820. The first kappa shape index (κ1) is 16.1. The number of hydrogen-bond donors (Lipinski definition) is 1. The van der Waals surface area contributed by atoms with E-state index in [2.05, 4.69) is 10.2 Å². The molecule has 0 radical (unpaired) electrons. The van der Waals surface area contributed by atoms with Gasteiger partial charge in [0.1, 0.15) is 0 Å². The van der Waals surface area contributed by atoms with E-state index in [1.54, 1.807) is 16.7 Å². The average Bonchev–Trinajstić information content (AvgIpc) is 2.86. The molecule has 22 heavy (non-hydrogen) atoms. The van der Waals surface area contributed by atoms with Gasteiger partial charge in [0.05, 0.1) is 12.0 Å². The van der Waals surface area contributed by atoms with Crippen LogP contribution in [0.1, 0.15) is 18.9 Å². The molecule has 1 aromatic heterocycles. The quantitative estimate of drug-likeness (QED) is 0.476. The Hall–Kier alpha value is -2.29. The monoisotopic (exact) mass is 324 g/mol. The number of H-pyrrole nitrogens is 1. The fraction of sp³-hybridized carbons (Fsp3) is 0.385. The van der Waals surface area contributed by atoms with Gasteiger partial charge in [-0.2, -0.15) is 0 Å². The van der Waals surface area contributed by atoms with Crippen molar-refractivity contribution in [3.05, 3.63) is 44.4 Å². The Balaban J connectivity index is 2.17. The average molecular weight is 324 g/mol. The third-order valence-electron chi connectivity index (χ3n) is 2.98. The van der Waals surface area contributed by atoms with Crippen LogP contribution in [0, 0.1) is 10.1 Å². The first-order chi connectivity index (χ1) is 10.6. The first-order valence-electron chi connectivity index (χ1n) is 6.66. The number of nitrogens with one attached hydrogen (secondary N) is 1. The molecule has 1 aromatic carbocycles. The van der Waals surface area contributed by atoms with Gasteiger partial charge in [0, 0.05) is 18.4 Å². The molecular weight excluding hydrogens is 308 g/mol. The highest BCUT2D eigenvalue weighted by molar-refractivity contribution is 7.98. The molecule has 0 fully saturated rings. The van der Waals surface area contributed by atoms with Crippen molar-refractivity contribution in [3.8, 4) is 5.75 Å². The molecule has 0 unspecified atom stereocenters. The molecular formula is C13H16N4O4S. The lowest BCUT2D eigenvalue weighted by molar-refractivity contribution is -0.385. The number of ether oxygens (including phenoxy) is 1. The van der Waals surface area contributed by atoms with Crippen molar-refractivity contribution in [1.82, 2.24) is 14.8 Å². The highest BCUT2D eigenvalue weighted by Gasteiger charge is 2.16. The van der Waals surface area contributed by atoms with E-state index in [0.717, 1.165) is 12.0 Å². The maximum atomic E-state index is 11.6. The van der Waals surface area contributed by atoms with Gasteiger partial charge in [0.25, 0.3) is 0 Å². The Morgan fingerprint density at radius 3 is 2.91 bits per heavy atom. The third-order valence-corrected chi connectivity index (χ3v) is 4.03. The normalized spacial score (nSPS) is 10.6. The number of nitrogens with zero attached hydrogens (tertiary/aromatic N) is 3. The van der Waals surface area contributed by atoms with Crippen molar-refractivity contribution in [2.45, 2.75) is 30.8 Å². The molecule has 0 bridgehead atoms. The zero-order valence-corrected chi connectivity index (χ0v) is 13.1. The largest absolute Gasteiger partial charge is 0.490 e. The maximum absolute atomic E-state index is 11.6. The second-order valence-corrected chi connectivity index (χ2v) is 5.46. The van der Waals surface area contributed by atoms with Crippen molar-refractivity contribution >= 4 is 17.4 Å². The van der Waals surface area contributed by atoms with Crippen molar-refractivity contribution in [2.75, 3.05) is 7.11 Å². The van der Waals surface area contributed by atoms with Crippen molar-refractivity contribution in [3.63, 3.8) is 0 Å². The summed E-state index contributed by atoms with van der Waals surface area (Å²) in [7, 11) is 1.39. The van der Waals surface area contributed by atoms with Crippen molar-refractivity contribution in [1.29, 1.82) is 0 Å². The SMILES string of the molecule is CCCn1c(SCc2ccc(OC)c([N+](=O)[O-])c2)n[nH]c1=O. The number of benzene rings is 1. The van der Waals surface area contributed by atoms with E-state index < -0.39 is 4.92 Å². The van der Waals surface area contributed by atoms with Gasteiger partial charge in [-0.1, -0.05) is 24.8 Å². The smallest absolute Gasteiger partial charge is 0.343 e. The zero-order chi connectivity index (χ0) is 16.1. The molecule has 118 valence electrons. The van der Waals surface area contributed by atoms with E-state index >= 15 is 0 Å². The van der Waals surface area contributed by atoms with Crippen LogP contribution < -0.4 is 10.4 Å². The van der Waals surface area contributed by atoms with Crippen LogP contribution in [0.3, 0.4) is 0 Å². The van der Waals surface area contributed by atoms with E-state index in [9.17, 15) is 14.9 Å². The summed E-state index contributed by atoms with van der Waals surface area (Å²) >= 11 is 1.35. The van der Waals surface area contributed by atoms with Crippen LogP contribution in [0.2, 0.25) is 0 Å². The lowest BCUT2D eigenvalue weighted by atomic mass is 10.2. The van der Waals surface area contributed by atoms with Crippen molar-refractivity contribution < 1.29 is 9.66 Å². The minimum atomic E-state index is -0.478. The van der Waals surface area contributed by atoms with Crippen LogP contribution >= 0.6 is 11.8 Å². The molecule has 1 N–H and O–H groups in total. The van der Waals surface area contributed by atoms with Crippen LogP contribution in [-0.2, 0) is 12.3 Å². The Labute approximate surface area is 130 Å². The molecule has 0 saturated heterocycles. The predicted octanol–water partition coefficient (Wildman–Crippen LogP) is 2.19. The number of rotatable bonds is 7. The van der Waals surface area contributed by atoms with E-state index in [1.807, 2.05) is 6.92 Å². The van der Waals surface area contributed by atoms with Gasteiger partial charge in [-0.25, -0.2) is 9.89 Å². The van der Waals surface area contributed by atoms with Crippen LogP contribution in [0.25, 0.3) is 0 Å². The summed E-state index contributed by atoms with van der Waals surface area (Å²) in [5.74, 6) is 0.695. The number of hydrogen-bond acceptors (Lipinski definition) is 6. The molecule has 0 saturated carbocycles. The minimum Gasteiger partial charge on any atom is -0.490 e. The second-order valence-electron chi connectivity index (χ2n) is 4.51. The molecule has 9 heteroatoms. The highest BCUT2D eigenvalue weighted by Crippen LogP contribution is 2.30. The fourth-order valence-corrected chi connectivity index (χ4v) is 2.87. The number of thioether (sulfide) groups is 1. The molecule has 2 rings (SSSR count). The second kappa shape index (κ2) is 7.12. The summed E-state index contributed by atoms with van der Waals surface area (Å²) in [6, 6.07) is 4.80. The highest BCUT2D eigenvalue weighted by atomic mass is 32.2. The Morgan fingerprint density at radius 2 is 2.27 bits per heavy atom. The van der Waals surface area contributed by atoms with E-state index in [1.165, 1.54) is 24.9 Å². The summed E-state index contributed by atoms with van der Waals surface area (Å²) in [5.41, 5.74) is 0.439. The van der Waals surface area contributed by atoms with Crippen LogP contribution in [0.15, 0.2) is 28.2 Å². The van der Waals surface area contributed by atoms with E-state index in [-0.39, 0.29) is 17.1 Å². The number of nitro benzene ring substituents is 1. The summed E-state index contributed by atoms with van der Waals surface area (Å²) < 4.78 is 6.53. The lowest BCUT2D eigenvalue weighted by Crippen LogP contribution is -2.17. The molecule has 0 amide bonds. The fourth-order valence-electron chi connectivity index (χ4n) is 1.95. The topological polar surface area (TPSA) is 103 Å². The predicted molar refractivity (Wildman–Crippen MR) is 82.3 cm³/mol. The maximum Gasteiger partial charge on any atom is 0.343 e. The molecule has 0 atom stereocenters. The van der Waals surface area contributed by atoms with Gasteiger partial charge in [-0.15, -0.1) is 5.10 Å². The van der Waals surface area contributed by atoms with Crippen LogP contribution in [-0.4, -0.2) is 26.8 Å². The molecule has 0 aliphatic rings. The van der Waals surface area contributed by atoms with E-state index in [4.69, 9.17) is 4.74 Å². The Morgan fingerprint density at radius 1 is 1.50 bits per heavy atom. The van der Waals surface area contributed by atoms with Gasteiger partial charge in [0.15, 0.2) is 10.9 Å². The van der Waals surface area contributed by atoms with Gasteiger partial charge in [-0.05, 0) is 18.1 Å². The summed E-state index contributed by atoms with van der Waals surface area (Å²) in [4.78, 5) is 22.1. The molecule has 2 aromatic rings. The van der Waals surface area contributed by atoms with Gasteiger partial charge < -0.3 is 4.74 Å². The number of aromatic amines is 1. The van der Waals surface area contributed by atoms with Crippen molar-refractivity contribution in [2.24, 2.45) is 0 Å². The molecule has 0 aliphatic carbocycles. The molecule has 0 aliphatic heterocycles. The number of nitro groups is 1. The number of methoxy groups -OCH3 is 1. The molecule has 8 nitrogen and oxygen atoms in total. The molecule has 0 spiro atoms. The van der Waals surface area contributed by atoms with Gasteiger partial charge in [0.2, 0.25) is 0 Å². The molecule has 1 heterocycles. The minimum absolute atomic E-state index is 0.0754. The number of aromatic nitrogens is 3.